The molecule has 0 saturated heterocycles. The average molecular weight is 435 g/mol. The summed E-state index contributed by atoms with van der Waals surface area (Å²) in [7, 11) is 3.68. The zero-order chi connectivity index (χ0) is 23.1. The fourth-order valence-electron chi connectivity index (χ4n) is 3.18. The van der Waals surface area contributed by atoms with Crippen LogP contribution in [0, 0.1) is 5.82 Å². The van der Waals surface area contributed by atoms with Crippen LogP contribution in [0.1, 0.15) is 28.4 Å². The molecule has 32 heavy (non-hydrogen) atoms. The summed E-state index contributed by atoms with van der Waals surface area (Å²) in [6.07, 6.45) is 0.927. The predicted molar refractivity (Wildman–Crippen MR) is 127 cm³/mol. The van der Waals surface area contributed by atoms with E-state index in [9.17, 15) is 14.0 Å². The molecule has 3 amide bonds. The van der Waals surface area contributed by atoms with E-state index in [0.717, 1.165) is 12.0 Å². The van der Waals surface area contributed by atoms with Gasteiger partial charge in [0.05, 0.1) is 5.56 Å². The molecule has 0 fully saturated rings. The van der Waals surface area contributed by atoms with Gasteiger partial charge in [0.2, 0.25) is 0 Å². The quantitative estimate of drug-likeness (QED) is 0.488. The van der Waals surface area contributed by atoms with Crippen molar-refractivity contribution >= 4 is 29.0 Å². The fourth-order valence-corrected chi connectivity index (χ4v) is 3.18. The molecule has 0 heterocycles. The van der Waals surface area contributed by atoms with Gasteiger partial charge < -0.3 is 20.9 Å². The SMILES string of the molecule is CCc1ccc(NC(=O)Nc2ccc(N(C)C)c(C(=O)NCc3ccc(F)cc3)c2)cc1. The zero-order valence-corrected chi connectivity index (χ0v) is 18.4. The maximum Gasteiger partial charge on any atom is 0.323 e. The highest BCUT2D eigenvalue weighted by Gasteiger charge is 2.15. The smallest absolute Gasteiger partial charge is 0.323 e. The van der Waals surface area contributed by atoms with Crippen LogP contribution in [0.3, 0.4) is 0 Å². The van der Waals surface area contributed by atoms with Crippen molar-refractivity contribution in [1.29, 1.82) is 0 Å². The molecule has 166 valence electrons. The van der Waals surface area contributed by atoms with Gasteiger partial charge >= 0.3 is 6.03 Å². The summed E-state index contributed by atoms with van der Waals surface area (Å²) in [6, 6.07) is 18.3. The second-order valence-corrected chi connectivity index (χ2v) is 7.57. The number of aryl methyl sites for hydroxylation is 1. The minimum atomic E-state index is -0.399. The van der Waals surface area contributed by atoms with E-state index in [0.29, 0.717) is 22.6 Å². The molecule has 0 aromatic heterocycles. The summed E-state index contributed by atoms with van der Waals surface area (Å²) >= 11 is 0. The Morgan fingerprint density at radius 3 is 2.06 bits per heavy atom. The summed E-state index contributed by atoms with van der Waals surface area (Å²) in [5, 5.41) is 8.40. The maximum atomic E-state index is 13.1. The molecular weight excluding hydrogens is 407 g/mol. The third-order valence-electron chi connectivity index (χ3n) is 4.97. The first kappa shape index (κ1) is 22.8. The molecule has 0 aliphatic rings. The van der Waals surface area contributed by atoms with Crippen LogP contribution in [0.2, 0.25) is 0 Å². The van der Waals surface area contributed by atoms with Gasteiger partial charge in [-0.25, -0.2) is 9.18 Å². The number of anilines is 3. The molecule has 3 N–H and O–H groups in total. The molecule has 3 aromatic rings. The van der Waals surface area contributed by atoms with Crippen molar-refractivity contribution < 1.29 is 14.0 Å². The summed E-state index contributed by atoms with van der Waals surface area (Å²) in [5.41, 5.74) is 4.28. The molecular formula is C25H27FN4O2. The van der Waals surface area contributed by atoms with E-state index in [1.807, 2.05) is 43.3 Å². The van der Waals surface area contributed by atoms with E-state index < -0.39 is 6.03 Å². The molecule has 0 saturated carbocycles. The lowest BCUT2D eigenvalue weighted by Crippen LogP contribution is -2.26. The number of nitrogens with zero attached hydrogens (tertiary/aromatic N) is 1. The number of hydrogen-bond acceptors (Lipinski definition) is 3. The van der Waals surface area contributed by atoms with Crippen molar-refractivity contribution in [2.24, 2.45) is 0 Å². The Morgan fingerprint density at radius 2 is 1.44 bits per heavy atom. The largest absolute Gasteiger partial charge is 0.377 e. The van der Waals surface area contributed by atoms with Crippen molar-refractivity contribution in [2.45, 2.75) is 19.9 Å². The second-order valence-electron chi connectivity index (χ2n) is 7.57. The molecule has 0 unspecified atom stereocenters. The van der Waals surface area contributed by atoms with Crippen LogP contribution < -0.4 is 20.9 Å². The third-order valence-corrected chi connectivity index (χ3v) is 4.97. The van der Waals surface area contributed by atoms with Gasteiger partial charge in [-0.2, -0.15) is 0 Å². The van der Waals surface area contributed by atoms with Gasteiger partial charge in [0.25, 0.3) is 5.91 Å². The fraction of sp³-hybridized carbons (Fsp3) is 0.200. The number of benzene rings is 3. The van der Waals surface area contributed by atoms with Gasteiger partial charge in [-0.1, -0.05) is 31.2 Å². The van der Waals surface area contributed by atoms with Gasteiger partial charge in [-0.05, 0) is 60.0 Å². The Balaban J connectivity index is 1.70. The van der Waals surface area contributed by atoms with Crippen molar-refractivity contribution in [3.05, 3.63) is 89.2 Å². The number of carbonyl (C=O) groups excluding carboxylic acids is 2. The Hall–Kier alpha value is -3.87. The van der Waals surface area contributed by atoms with Crippen molar-refractivity contribution in [3.63, 3.8) is 0 Å². The molecule has 0 aliphatic carbocycles. The molecule has 3 rings (SSSR count). The first-order valence-corrected chi connectivity index (χ1v) is 10.4. The van der Waals surface area contributed by atoms with Crippen LogP contribution in [0.4, 0.5) is 26.2 Å². The van der Waals surface area contributed by atoms with E-state index in [4.69, 9.17) is 0 Å². The number of amides is 3. The molecule has 7 heteroatoms. The van der Waals surface area contributed by atoms with Crippen molar-refractivity contribution in [1.82, 2.24) is 5.32 Å². The predicted octanol–water partition coefficient (Wildman–Crippen LogP) is 5.03. The Labute approximate surface area is 187 Å². The van der Waals surface area contributed by atoms with Crippen LogP contribution in [-0.4, -0.2) is 26.0 Å². The second kappa shape index (κ2) is 10.4. The molecule has 0 bridgehead atoms. The van der Waals surface area contributed by atoms with E-state index >= 15 is 0 Å². The summed E-state index contributed by atoms with van der Waals surface area (Å²) in [6.45, 7) is 2.33. The van der Waals surface area contributed by atoms with E-state index in [1.54, 1.807) is 30.3 Å². The lowest BCUT2D eigenvalue weighted by molar-refractivity contribution is 0.0951. The Kier molecular flexibility index (Phi) is 7.44. The van der Waals surface area contributed by atoms with Crippen LogP contribution in [0.25, 0.3) is 0 Å². The minimum Gasteiger partial charge on any atom is -0.377 e. The number of urea groups is 1. The van der Waals surface area contributed by atoms with Crippen molar-refractivity contribution in [3.8, 4) is 0 Å². The van der Waals surface area contributed by atoms with Crippen LogP contribution in [-0.2, 0) is 13.0 Å². The molecule has 6 nitrogen and oxygen atoms in total. The summed E-state index contributed by atoms with van der Waals surface area (Å²) in [5.74, 6) is -0.620. The number of rotatable bonds is 7. The summed E-state index contributed by atoms with van der Waals surface area (Å²) < 4.78 is 13.1. The van der Waals surface area contributed by atoms with Crippen molar-refractivity contribution in [2.75, 3.05) is 29.6 Å². The average Bonchev–Trinajstić information content (AvgIpc) is 2.78. The van der Waals surface area contributed by atoms with E-state index in [-0.39, 0.29) is 18.3 Å². The molecule has 0 aliphatic heterocycles. The van der Waals surface area contributed by atoms with Gasteiger partial charge in [0.15, 0.2) is 0 Å². The van der Waals surface area contributed by atoms with Gasteiger partial charge in [0, 0.05) is 37.7 Å². The minimum absolute atomic E-state index is 0.262. The number of halogens is 1. The highest BCUT2D eigenvalue weighted by molar-refractivity contribution is 6.03. The van der Waals surface area contributed by atoms with Crippen LogP contribution >= 0.6 is 0 Å². The standard InChI is InChI=1S/C25H27FN4O2/c1-4-17-7-11-20(12-8-17)28-25(32)29-21-13-14-23(30(2)3)22(15-21)24(31)27-16-18-5-9-19(26)10-6-18/h5-15H,4,16H2,1-3H3,(H,27,31)(H2,28,29,32). The molecule has 3 aromatic carbocycles. The number of carbonyl (C=O) groups is 2. The van der Waals surface area contributed by atoms with Crippen LogP contribution in [0.5, 0.6) is 0 Å². The van der Waals surface area contributed by atoms with Gasteiger partial charge in [0.1, 0.15) is 5.82 Å². The molecule has 0 spiro atoms. The summed E-state index contributed by atoms with van der Waals surface area (Å²) in [4.78, 5) is 27.1. The highest BCUT2D eigenvalue weighted by Crippen LogP contribution is 2.23. The maximum absolute atomic E-state index is 13.1. The highest BCUT2D eigenvalue weighted by atomic mass is 19.1. The first-order valence-electron chi connectivity index (χ1n) is 10.4. The number of nitrogens with one attached hydrogen (secondary N) is 3. The number of hydrogen-bond donors (Lipinski definition) is 3. The van der Waals surface area contributed by atoms with Crippen LogP contribution in [0.15, 0.2) is 66.7 Å². The topological polar surface area (TPSA) is 73.5 Å². The van der Waals surface area contributed by atoms with E-state index in [2.05, 4.69) is 22.9 Å². The lowest BCUT2D eigenvalue weighted by atomic mass is 10.1. The Morgan fingerprint density at radius 1 is 0.844 bits per heavy atom. The zero-order valence-electron chi connectivity index (χ0n) is 18.4. The van der Waals surface area contributed by atoms with Gasteiger partial charge in [-0.3, -0.25) is 4.79 Å². The normalized spacial score (nSPS) is 10.4. The molecule has 0 radical (unpaired) electrons. The third kappa shape index (κ3) is 6.07. The lowest BCUT2D eigenvalue weighted by Gasteiger charge is -2.19. The monoisotopic (exact) mass is 434 g/mol. The molecule has 0 atom stereocenters. The van der Waals surface area contributed by atoms with Gasteiger partial charge in [-0.15, -0.1) is 0 Å². The Bertz CT molecular complexity index is 1080. The van der Waals surface area contributed by atoms with E-state index in [1.165, 1.54) is 17.7 Å². The first-order chi connectivity index (χ1) is 15.4.